The highest BCUT2D eigenvalue weighted by atomic mass is 16.5. The van der Waals surface area contributed by atoms with Gasteiger partial charge in [-0.3, -0.25) is 0 Å². The van der Waals surface area contributed by atoms with Crippen LogP contribution in [0, 0.1) is 0 Å². The molecule has 6 nitrogen and oxygen atoms in total. The zero-order chi connectivity index (χ0) is 19.9. The molecule has 0 bridgehead atoms. The first-order chi connectivity index (χ1) is 13.6. The van der Waals surface area contributed by atoms with E-state index in [1.807, 2.05) is 35.2 Å². The number of hydrogen-bond acceptors (Lipinski definition) is 4. The van der Waals surface area contributed by atoms with Gasteiger partial charge in [-0.15, -0.1) is 0 Å². The maximum atomic E-state index is 12.6. The van der Waals surface area contributed by atoms with Crippen molar-refractivity contribution in [3.63, 3.8) is 0 Å². The zero-order valence-electron chi connectivity index (χ0n) is 17.0. The number of rotatable bonds is 6. The quantitative estimate of drug-likeness (QED) is 0.823. The van der Waals surface area contributed by atoms with E-state index in [1.165, 1.54) is 5.69 Å². The SMILES string of the molecule is CCN(CC)c1ccc(NC(=O)N2CCN(c3cccc(OC)c3)CC2)cc1. The van der Waals surface area contributed by atoms with Crippen molar-refractivity contribution in [2.24, 2.45) is 0 Å². The van der Waals surface area contributed by atoms with E-state index in [2.05, 4.69) is 47.2 Å². The van der Waals surface area contributed by atoms with Crippen LogP contribution in [-0.4, -0.2) is 57.3 Å². The smallest absolute Gasteiger partial charge is 0.321 e. The summed E-state index contributed by atoms with van der Waals surface area (Å²) < 4.78 is 5.30. The highest BCUT2D eigenvalue weighted by Gasteiger charge is 2.21. The van der Waals surface area contributed by atoms with Crippen LogP contribution in [-0.2, 0) is 0 Å². The number of amides is 2. The van der Waals surface area contributed by atoms with Crippen LogP contribution in [0.15, 0.2) is 48.5 Å². The molecule has 0 radical (unpaired) electrons. The fourth-order valence-electron chi connectivity index (χ4n) is 3.52. The summed E-state index contributed by atoms with van der Waals surface area (Å²) in [5.74, 6) is 0.853. The van der Waals surface area contributed by atoms with Crippen LogP contribution in [0.25, 0.3) is 0 Å². The molecule has 1 aliphatic heterocycles. The average Bonchev–Trinajstić information content (AvgIpc) is 2.76. The van der Waals surface area contributed by atoms with Crippen molar-refractivity contribution >= 4 is 23.1 Å². The monoisotopic (exact) mass is 382 g/mol. The fraction of sp³-hybridized carbons (Fsp3) is 0.409. The van der Waals surface area contributed by atoms with Crippen LogP contribution in [0.4, 0.5) is 21.9 Å². The summed E-state index contributed by atoms with van der Waals surface area (Å²) in [4.78, 5) is 19.0. The van der Waals surface area contributed by atoms with Gasteiger partial charge in [0.1, 0.15) is 5.75 Å². The minimum absolute atomic E-state index is 0.0409. The summed E-state index contributed by atoms with van der Waals surface area (Å²) >= 11 is 0. The van der Waals surface area contributed by atoms with Crippen molar-refractivity contribution in [3.8, 4) is 5.75 Å². The Morgan fingerprint density at radius 1 is 1.04 bits per heavy atom. The number of urea groups is 1. The Balaban J connectivity index is 1.53. The van der Waals surface area contributed by atoms with Crippen LogP contribution < -0.4 is 19.9 Å². The Morgan fingerprint density at radius 2 is 1.71 bits per heavy atom. The molecule has 0 unspecified atom stereocenters. The summed E-state index contributed by atoms with van der Waals surface area (Å²) in [7, 11) is 1.68. The summed E-state index contributed by atoms with van der Waals surface area (Å²) in [5, 5.41) is 3.02. The largest absolute Gasteiger partial charge is 0.497 e. The lowest BCUT2D eigenvalue weighted by Crippen LogP contribution is -2.50. The number of carbonyl (C=O) groups excluding carboxylic acids is 1. The zero-order valence-corrected chi connectivity index (χ0v) is 17.0. The average molecular weight is 383 g/mol. The standard InChI is InChI=1S/C22H30N4O2/c1-4-24(5-2)19-11-9-18(10-12-19)23-22(27)26-15-13-25(14-16-26)20-7-6-8-21(17-20)28-3/h6-12,17H,4-5,13-16H2,1-3H3,(H,23,27). The van der Waals surface area contributed by atoms with Gasteiger partial charge in [0.05, 0.1) is 7.11 Å². The number of ether oxygens (including phenoxy) is 1. The second-order valence-electron chi connectivity index (χ2n) is 6.82. The molecule has 1 heterocycles. The van der Waals surface area contributed by atoms with Gasteiger partial charge in [0.25, 0.3) is 0 Å². The van der Waals surface area contributed by atoms with Gasteiger partial charge in [0.15, 0.2) is 0 Å². The lowest BCUT2D eigenvalue weighted by molar-refractivity contribution is 0.208. The van der Waals surface area contributed by atoms with Crippen LogP contribution in [0.1, 0.15) is 13.8 Å². The van der Waals surface area contributed by atoms with Crippen molar-refractivity contribution in [3.05, 3.63) is 48.5 Å². The van der Waals surface area contributed by atoms with Crippen LogP contribution >= 0.6 is 0 Å². The van der Waals surface area contributed by atoms with E-state index < -0.39 is 0 Å². The van der Waals surface area contributed by atoms with Crippen LogP contribution in [0.5, 0.6) is 5.75 Å². The topological polar surface area (TPSA) is 48.1 Å². The third-order valence-electron chi connectivity index (χ3n) is 5.23. The minimum Gasteiger partial charge on any atom is -0.497 e. The third kappa shape index (κ3) is 4.68. The number of hydrogen-bond donors (Lipinski definition) is 1. The summed E-state index contributed by atoms with van der Waals surface area (Å²) in [6.45, 7) is 9.23. The Kier molecular flexibility index (Phi) is 6.63. The molecule has 3 rings (SSSR count). The van der Waals surface area contributed by atoms with Gasteiger partial charge in [-0.1, -0.05) is 6.07 Å². The highest BCUT2D eigenvalue weighted by Crippen LogP contribution is 2.22. The summed E-state index contributed by atoms with van der Waals surface area (Å²) in [6, 6.07) is 16.1. The minimum atomic E-state index is -0.0409. The van der Waals surface area contributed by atoms with Gasteiger partial charge in [-0.2, -0.15) is 0 Å². The van der Waals surface area contributed by atoms with Crippen molar-refractivity contribution in [1.29, 1.82) is 0 Å². The number of carbonyl (C=O) groups is 1. The highest BCUT2D eigenvalue weighted by molar-refractivity contribution is 5.89. The number of piperazine rings is 1. The molecule has 150 valence electrons. The van der Waals surface area contributed by atoms with Crippen molar-refractivity contribution in [2.45, 2.75) is 13.8 Å². The molecular weight excluding hydrogens is 352 g/mol. The fourth-order valence-corrected chi connectivity index (χ4v) is 3.52. The molecular formula is C22H30N4O2. The molecule has 0 spiro atoms. The maximum absolute atomic E-state index is 12.6. The summed E-state index contributed by atoms with van der Waals surface area (Å²) in [6.07, 6.45) is 0. The van der Waals surface area contributed by atoms with Crippen molar-refractivity contribution in [1.82, 2.24) is 4.90 Å². The molecule has 0 saturated carbocycles. The molecule has 1 fully saturated rings. The van der Waals surface area contributed by atoms with E-state index in [1.54, 1.807) is 7.11 Å². The molecule has 6 heteroatoms. The van der Waals surface area contributed by atoms with Crippen molar-refractivity contribution in [2.75, 3.05) is 61.5 Å². The number of nitrogens with zero attached hydrogens (tertiary/aromatic N) is 3. The van der Waals surface area contributed by atoms with E-state index in [-0.39, 0.29) is 6.03 Å². The van der Waals surface area contributed by atoms with Gasteiger partial charge >= 0.3 is 6.03 Å². The number of benzene rings is 2. The Hall–Kier alpha value is -2.89. The Morgan fingerprint density at radius 3 is 2.32 bits per heavy atom. The first kappa shape index (κ1) is 19.9. The predicted molar refractivity (Wildman–Crippen MR) is 116 cm³/mol. The molecule has 1 N–H and O–H groups in total. The number of methoxy groups -OCH3 is 1. The molecule has 1 aliphatic rings. The van der Waals surface area contributed by atoms with Gasteiger partial charge < -0.3 is 24.8 Å². The van der Waals surface area contributed by atoms with Gasteiger partial charge in [-0.05, 0) is 50.2 Å². The van der Waals surface area contributed by atoms with E-state index >= 15 is 0 Å². The lowest BCUT2D eigenvalue weighted by atomic mass is 10.2. The van der Waals surface area contributed by atoms with Gasteiger partial charge in [-0.25, -0.2) is 4.79 Å². The van der Waals surface area contributed by atoms with E-state index in [0.717, 1.165) is 43.3 Å². The molecule has 0 aliphatic carbocycles. The molecule has 2 aromatic rings. The molecule has 28 heavy (non-hydrogen) atoms. The second kappa shape index (κ2) is 9.35. The van der Waals surface area contributed by atoms with E-state index in [9.17, 15) is 4.79 Å². The normalized spacial score (nSPS) is 14.0. The second-order valence-corrected chi connectivity index (χ2v) is 6.82. The third-order valence-corrected chi connectivity index (χ3v) is 5.23. The van der Waals surface area contributed by atoms with E-state index in [0.29, 0.717) is 13.1 Å². The van der Waals surface area contributed by atoms with Crippen LogP contribution in [0.3, 0.4) is 0 Å². The number of nitrogens with one attached hydrogen (secondary N) is 1. The lowest BCUT2D eigenvalue weighted by Gasteiger charge is -2.36. The molecule has 1 saturated heterocycles. The van der Waals surface area contributed by atoms with Crippen LogP contribution in [0.2, 0.25) is 0 Å². The summed E-state index contributed by atoms with van der Waals surface area (Å²) in [5.41, 5.74) is 3.14. The molecule has 2 aromatic carbocycles. The Labute approximate surface area is 167 Å². The van der Waals surface area contributed by atoms with Crippen molar-refractivity contribution < 1.29 is 9.53 Å². The molecule has 2 amide bonds. The Bertz CT molecular complexity index is 766. The van der Waals surface area contributed by atoms with Gasteiger partial charge in [0.2, 0.25) is 0 Å². The first-order valence-corrected chi connectivity index (χ1v) is 9.94. The van der Waals surface area contributed by atoms with E-state index in [4.69, 9.17) is 4.74 Å². The maximum Gasteiger partial charge on any atom is 0.321 e. The number of anilines is 3. The molecule has 0 aromatic heterocycles. The van der Waals surface area contributed by atoms with Gasteiger partial charge in [0, 0.05) is 62.4 Å². The first-order valence-electron chi connectivity index (χ1n) is 9.94. The predicted octanol–water partition coefficient (Wildman–Crippen LogP) is 3.90. The molecule has 0 atom stereocenters.